The monoisotopic (exact) mass is 429 g/mol. The van der Waals surface area contributed by atoms with Crippen molar-refractivity contribution in [1.29, 1.82) is 0 Å². The summed E-state index contributed by atoms with van der Waals surface area (Å²) in [7, 11) is -6.28. The van der Waals surface area contributed by atoms with Crippen LogP contribution in [0.3, 0.4) is 0 Å². The fourth-order valence-corrected chi connectivity index (χ4v) is 2.15. The smallest absolute Gasteiger partial charge is 0.335 e. The number of sulfone groups is 1. The summed E-state index contributed by atoms with van der Waals surface area (Å²) < 4.78 is 291. The number of rotatable bonds is 16. The zero-order valence-electron chi connectivity index (χ0n) is 46.3. The molecule has 0 saturated carbocycles. The van der Waals surface area contributed by atoms with Crippen molar-refractivity contribution < 1.29 is 63.6 Å². The van der Waals surface area contributed by atoms with E-state index in [1.54, 1.807) is 0 Å². The third-order valence-corrected chi connectivity index (χ3v) is 3.29. The summed E-state index contributed by atoms with van der Waals surface area (Å²) in [5.41, 5.74) is -7.90. The van der Waals surface area contributed by atoms with E-state index in [1.165, 1.54) is 0 Å². The molecule has 154 valence electrons. The van der Waals surface area contributed by atoms with Crippen LogP contribution in [-0.2, 0) is 15.6 Å². The molecule has 0 heterocycles. The third kappa shape index (κ3) is 11.2. The first-order valence-corrected chi connectivity index (χ1v) is 8.26. The van der Waals surface area contributed by atoms with E-state index in [2.05, 4.69) is 0 Å². The molecule has 0 radical (unpaired) electrons. The summed E-state index contributed by atoms with van der Waals surface area (Å²) in [6.45, 7) is -4.16. The Hall–Kier alpha value is -1.36. The average Bonchev–Trinajstić information content (AvgIpc) is 3.04. The topological polar surface area (TPSA) is 71.4 Å². The molecule has 0 bridgehead atoms. The molecule has 0 aromatic heterocycles. The molecule has 0 aliphatic heterocycles. The van der Waals surface area contributed by atoms with Crippen LogP contribution < -0.4 is 0 Å². The highest BCUT2D eigenvalue weighted by Gasteiger charge is 2.16. The van der Waals surface area contributed by atoms with E-state index in [9.17, 15) is 18.3 Å². The standard InChI is InChI=1S/C22H36O4S/c1-2-3-4-5-6-7-8-9-10-11-12-15-18-27(25,26)19-20-16-13-14-17-21(20)22(23)24/h13-14,16-17H,2-12,15,18-19H2,1H3,(H,23,24)/i1D3,2D2,3D2,4D2,5D2,6D2,7D2,8D2,9D2,10D2,11D2,12D2,13D,14D,15D2,16D,17D,18D2. The molecule has 0 spiro atoms. The van der Waals surface area contributed by atoms with Crippen molar-refractivity contribution in [3.05, 3.63) is 35.3 Å². The molecular formula is C22H36O4S. The van der Waals surface area contributed by atoms with Gasteiger partial charge in [-0.1, -0.05) is 95.1 Å². The fourth-order valence-electron chi connectivity index (χ4n) is 1.27. The van der Waals surface area contributed by atoms with Crippen molar-refractivity contribution in [3.8, 4) is 0 Å². The van der Waals surface area contributed by atoms with Crippen LogP contribution >= 0.6 is 0 Å². The molecule has 0 aliphatic carbocycles. The quantitative estimate of drug-likeness (QED) is 0.350. The van der Waals surface area contributed by atoms with Crippen molar-refractivity contribution in [2.24, 2.45) is 0 Å². The van der Waals surface area contributed by atoms with Gasteiger partial charge in [-0.3, -0.25) is 0 Å². The highest BCUT2D eigenvalue weighted by atomic mass is 32.2. The molecule has 0 amide bonds. The minimum atomic E-state index is -6.28. The van der Waals surface area contributed by atoms with Gasteiger partial charge in [-0.2, -0.15) is 0 Å². The molecule has 1 aromatic rings. The van der Waals surface area contributed by atoms with Crippen molar-refractivity contribution in [2.45, 2.75) is 89.1 Å². The summed E-state index contributed by atoms with van der Waals surface area (Å²) in [5, 5.41) is 9.53. The van der Waals surface area contributed by atoms with Crippen molar-refractivity contribution >= 4 is 15.8 Å². The van der Waals surface area contributed by atoms with Gasteiger partial charge in [0.25, 0.3) is 0 Å². The molecule has 1 N–H and O–H groups in total. The van der Waals surface area contributed by atoms with E-state index in [4.69, 9.17) is 45.2 Å². The fraction of sp³-hybridized carbons (Fsp3) is 0.682. The predicted molar refractivity (Wildman–Crippen MR) is 112 cm³/mol. The Balaban J connectivity index is 4.10. The van der Waals surface area contributed by atoms with Crippen molar-refractivity contribution in [2.75, 3.05) is 5.70 Å². The molecule has 0 unspecified atom stereocenters. The highest BCUT2D eigenvalue weighted by molar-refractivity contribution is 7.90. The molecule has 0 saturated heterocycles. The number of carboxylic acid groups (broad SMARTS) is 1. The van der Waals surface area contributed by atoms with Crippen LogP contribution in [0.1, 0.15) is 144 Å². The summed E-state index contributed by atoms with van der Waals surface area (Å²) >= 11 is 0. The van der Waals surface area contributed by atoms with Gasteiger partial charge in [0.1, 0.15) is 0 Å². The Morgan fingerprint density at radius 1 is 0.963 bits per heavy atom. The zero-order chi connectivity index (χ0) is 49.2. The summed E-state index contributed by atoms with van der Waals surface area (Å²) in [6, 6.07) is -5.35. The average molecular weight is 430 g/mol. The van der Waals surface area contributed by atoms with Crippen LogP contribution in [0.25, 0.3) is 0 Å². The van der Waals surface area contributed by atoms with Crippen molar-refractivity contribution in [3.63, 3.8) is 0 Å². The van der Waals surface area contributed by atoms with Gasteiger partial charge in [-0.05, 0) is 18.0 Å². The lowest BCUT2D eigenvalue weighted by Gasteiger charge is -2.07. The second-order valence-electron chi connectivity index (χ2n) is 4.02. The maximum absolute atomic E-state index is 13.5. The van der Waals surface area contributed by atoms with Gasteiger partial charge in [0.2, 0.25) is 0 Å². The molecule has 0 atom stereocenters. The lowest BCUT2D eigenvalue weighted by molar-refractivity contribution is 0.0696. The third-order valence-electron chi connectivity index (χ3n) is 2.21. The lowest BCUT2D eigenvalue weighted by Crippen LogP contribution is -2.12. The van der Waals surface area contributed by atoms with E-state index in [0.717, 1.165) is 0 Å². The van der Waals surface area contributed by atoms with E-state index in [-0.39, 0.29) is 0 Å². The summed E-state index contributed by atoms with van der Waals surface area (Å²) in [6.07, 6.45) is -60.7. The highest BCUT2D eigenvalue weighted by Crippen LogP contribution is 2.16. The minimum absolute atomic E-state index is 1.23. The van der Waals surface area contributed by atoms with E-state index in [1.807, 2.05) is 0 Å². The minimum Gasteiger partial charge on any atom is -0.478 e. The number of carboxylic acids is 1. The lowest BCUT2D eigenvalue weighted by atomic mass is 10.1. The number of hydrogen-bond acceptors (Lipinski definition) is 3. The first kappa shape index (κ1) is 4.53. The Bertz CT molecular complexity index is 1960. The molecule has 0 fully saturated rings. The normalized spacial score (nSPS) is 37.0. The Labute approximate surface area is 211 Å². The maximum Gasteiger partial charge on any atom is 0.335 e. The SMILES string of the molecule is [2H]c1c([2H])c([2H])c(C(=O)O)c(CS(=O)(=O)C([2H])([2H])C([2H])([2H])C([2H])([2H])C([2H])([2H])C([2H])([2H])C([2H])([2H])C([2H])([2H])C([2H])([2H])C([2H])([2H])C([2H])([2H])C([2H])([2H])C([2H])([2H])C([2H])([2H])C([2H])([2H])[2H])c1[2H]. The van der Waals surface area contributed by atoms with Gasteiger partial charge >= 0.3 is 5.97 Å². The molecule has 1 rings (SSSR count). The first-order chi connectivity index (χ1) is 25.6. The first-order valence-electron chi connectivity index (χ1n) is 23.1. The van der Waals surface area contributed by atoms with Gasteiger partial charge in [-0.25, -0.2) is 13.2 Å². The second kappa shape index (κ2) is 13.8. The largest absolute Gasteiger partial charge is 0.478 e. The number of aromatic carboxylic acids is 1. The molecule has 5 heteroatoms. The van der Waals surface area contributed by atoms with Gasteiger partial charge in [0.15, 0.2) is 9.84 Å². The Morgan fingerprint density at radius 2 is 1.48 bits per heavy atom. The van der Waals surface area contributed by atoms with E-state index in [0.29, 0.717) is 0 Å². The molecular weight excluding hydrogens is 360 g/mol. The second-order valence-corrected chi connectivity index (χ2v) is 5.74. The number of benzene rings is 1. The predicted octanol–water partition coefficient (Wildman–Crippen LogP) is 6.00. The zero-order valence-corrected chi connectivity index (χ0v) is 14.1. The van der Waals surface area contributed by atoms with Crippen LogP contribution in [-0.4, -0.2) is 25.2 Å². The number of hydrogen-bond donors (Lipinski definition) is 1. The van der Waals surface area contributed by atoms with Crippen LogP contribution in [0, 0.1) is 0 Å². The van der Waals surface area contributed by atoms with Crippen LogP contribution in [0.15, 0.2) is 24.2 Å². The van der Waals surface area contributed by atoms with E-state index < -0.39 is 146 Å². The molecule has 0 aliphatic rings. The summed E-state index contributed by atoms with van der Waals surface area (Å²) in [5.74, 6) is -4.43. The number of carbonyl (C=O) groups is 1. The van der Waals surface area contributed by atoms with Crippen LogP contribution in [0.4, 0.5) is 0 Å². The molecule has 27 heavy (non-hydrogen) atoms. The molecule has 4 nitrogen and oxygen atoms in total. The van der Waals surface area contributed by atoms with Gasteiger partial charge in [-0.15, -0.1) is 0 Å². The maximum atomic E-state index is 13.5. The van der Waals surface area contributed by atoms with Gasteiger partial charge < -0.3 is 5.11 Å². The van der Waals surface area contributed by atoms with Crippen LogP contribution in [0.2, 0.25) is 0 Å². The van der Waals surface area contributed by atoms with Gasteiger partial charge in [0, 0.05) is 39.8 Å². The van der Waals surface area contributed by atoms with Gasteiger partial charge in [0.05, 0.1) is 22.5 Å². The van der Waals surface area contributed by atoms with E-state index >= 15 is 0 Å². The molecule has 1 aromatic carbocycles. The van der Waals surface area contributed by atoms with Crippen molar-refractivity contribution in [1.82, 2.24) is 0 Å². The van der Waals surface area contributed by atoms with Crippen LogP contribution in [0.5, 0.6) is 0 Å². The summed E-state index contributed by atoms with van der Waals surface area (Å²) in [4.78, 5) is 11.9. The Morgan fingerprint density at radius 3 is 2.04 bits per heavy atom. The Kier molecular flexibility index (Phi) is 2.31.